The molecule has 0 radical (unpaired) electrons. The summed E-state index contributed by atoms with van der Waals surface area (Å²) in [5.41, 5.74) is 1.15. The van der Waals surface area contributed by atoms with E-state index in [4.69, 9.17) is 4.74 Å². The van der Waals surface area contributed by atoms with E-state index in [-0.39, 0.29) is 29.4 Å². The number of ether oxygens (including phenoxy) is 1. The monoisotopic (exact) mass is 450 g/mol. The summed E-state index contributed by atoms with van der Waals surface area (Å²) >= 11 is 0. The lowest BCUT2D eigenvalue weighted by Crippen LogP contribution is -2.43. The molecule has 0 bridgehead atoms. The van der Waals surface area contributed by atoms with Gasteiger partial charge in [0.2, 0.25) is 5.91 Å². The third kappa shape index (κ3) is 6.29. The summed E-state index contributed by atoms with van der Waals surface area (Å²) in [6, 6.07) is 6.51. The van der Waals surface area contributed by atoms with E-state index in [0.29, 0.717) is 38.0 Å². The van der Waals surface area contributed by atoms with Crippen molar-refractivity contribution in [3.63, 3.8) is 0 Å². The highest BCUT2D eigenvalue weighted by Crippen LogP contribution is 2.19. The SMILES string of the molecule is CCCCN(C(=O)COC(=O)c1cccc(CN2CCCC2=O)c1)C1CCS(=O)(=O)C1. The molecule has 2 aliphatic heterocycles. The van der Waals surface area contributed by atoms with E-state index >= 15 is 0 Å². The highest BCUT2D eigenvalue weighted by atomic mass is 32.2. The highest BCUT2D eigenvalue weighted by molar-refractivity contribution is 7.91. The molecule has 0 aromatic heterocycles. The first kappa shape index (κ1) is 23.2. The molecule has 2 saturated heterocycles. The number of sulfone groups is 1. The maximum absolute atomic E-state index is 12.7. The second-order valence-electron chi connectivity index (χ2n) is 8.19. The molecule has 0 N–H and O–H groups in total. The summed E-state index contributed by atoms with van der Waals surface area (Å²) in [6.07, 6.45) is 3.45. The van der Waals surface area contributed by atoms with Crippen LogP contribution in [0.1, 0.15) is 54.9 Å². The van der Waals surface area contributed by atoms with Crippen molar-refractivity contribution >= 4 is 27.6 Å². The minimum atomic E-state index is -3.12. The van der Waals surface area contributed by atoms with Crippen LogP contribution in [-0.4, -0.2) is 73.2 Å². The molecular weight excluding hydrogens is 420 g/mol. The fraction of sp³-hybridized carbons (Fsp3) is 0.591. The van der Waals surface area contributed by atoms with Crippen LogP contribution in [0.5, 0.6) is 0 Å². The second-order valence-corrected chi connectivity index (χ2v) is 10.4. The standard InChI is InChI=1S/C22H30N2O6S/c1-2-3-11-24(19-9-12-31(28,29)16-19)21(26)15-30-22(27)18-7-4-6-17(13-18)14-23-10-5-8-20(23)25/h4,6-7,13,19H,2-3,5,8-12,14-16H2,1H3. The Morgan fingerprint density at radius 3 is 2.74 bits per heavy atom. The van der Waals surface area contributed by atoms with Crippen molar-refractivity contribution in [1.29, 1.82) is 0 Å². The molecule has 2 heterocycles. The van der Waals surface area contributed by atoms with Crippen molar-refractivity contribution in [2.45, 2.75) is 51.6 Å². The van der Waals surface area contributed by atoms with E-state index in [9.17, 15) is 22.8 Å². The van der Waals surface area contributed by atoms with E-state index in [1.54, 1.807) is 28.0 Å². The molecule has 1 atom stereocenters. The summed E-state index contributed by atoms with van der Waals surface area (Å²) in [5, 5.41) is 0. The lowest BCUT2D eigenvalue weighted by Gasteiger charge is -2.28. The Bertz CT molecular complexity index is 930. The van der Waals surface area contributed by atoms with Crippen LogP contribution < -0.4 is 0 Å². The van der Waals surface area contributed by atoms with Gasteiger partial charge in [0, 0.05) is 32.1 Å². The molecule has 2 fully saturated rings. The molecule has 3 rings (SSSR count). The van der Waals surface area contributed by atoms with E-state index in [2.05, 4.69) is 0 Å². The van der Waals surface area contributed by atoms with Crippen molar-refractivity contribution < 1.29 is 27.5 Å². The van der Waals surface area contributed by atoms with Crippen molar-refractivity contribution in [2.75, 3.05) is 31.2 Å². The summed E-state index contributed by atoms with van der Waals surface area (Å²) in [5.74, 6) is -0.826. The Labute approximate surface area is 183 Å². The van der Waals surface area contributed by atoms with Crippen LogP contribution in [0.2, 0.25) is 0 Å². The average Bonchev–Trinajstić information content (AvgIpc) is 3.31. The van der Waals surface area contributed by atoms with Gasteiger partial charge in [-0.3, -0.25) is 9.59 Å². The van der Waals surface area contributed by atoms with Crippen molar-refractivity contribution in [2.24, 2.45) is 0 Å². The largest absolute Gasteiger partial charge is 0.452 e. The lowest BCUT2D eigenvalue weighted by atomic mass is 10.1. The number of carbonyl (C=O) groups is 3. The number of benzene rings is 1. The van der Waals surface area contributed by atoms with Crippen LogP contribution in [-0.2, 0) is 30.7 Å². The van der Waals surface area contributed by atoms with Gasteiger partial charge in [-0.05, 0) is 37.0 Å². The molecule has 0 saturated carbocycles. The normalized spacial score (nSPS) is 20.1. The molecule has 1 aromatic rings. The Hall–Kier alpha value is -2.42. The Balaban J connectivity index is 1.58. The van der Waals surface area contributed by atoms with Gasteiger partial charge in [0.15, 0.2) is 16.4 Å². The third-order valence-electron chi connectivity index (χ3n) is 5.76. The maximum atomic E-state index is 12.7. The average molecular weight is 451 g/mol. The van der Waals surface area contributed by atoms with Crippen LogP contribution in [0, 0.1) is 0 Å². The number of esters is 1. The molecule has 0 aliphatic carbocycles. The Morgan fingerprint density at radius 2 is 2.10 bits per heavy atom. The van der Waals surface area contributed by atoms with Gasteiger partial charge >= 0.3 is 5.97 Å². The van der Waals surface area contributed by atoms with Crippen molar-refractivity contribution in [3.8, 4) is 0 Å². The number of unbranched alkanes of at least 4 members (excludes halogenated alkanes) is 1. The zero-order valence-corrected chi connectivity index (χ0v) is 18.7. The predicted octanol–water partition coefficient (Wildman–Crippen LogP) is 1.78. The summed E-state index contributed by atoms with van der Waals surface area (Å²) in [6.45, 7) is 3.18. The van der Waals surface area contributed by atoms with Gasteiger partial charge in [-0.1, -0.05) is 25.5 Å². The highest BCUT2D eigenvalue weighted by Gasteiger charge is 2.34. The van der Waals surface area contributed by atoms with Crippen LogP contribution in [0.25, 0.3) is 0 Å². The molecule has 1 unspecified atom stereocenters. The number of likely N-dealkylation sites (tertiary alicyclic amines) is 1. The molecule has 31 heavy (non-hydrogen) atoms. The molecule has 2 amide bonds. The second kappa shape index (κ2) is 10.3. The number of nitrogens with zero attached hydrogens (tertiary/aromatic N) is 2. The lowest BCUT2D eigenvalue weighted by molar-refractivity contribution is -0.136. The van der Waals surface area contributed by atoms with Crippen LogP contribution in [0.3, 0.4) is 0 Å². The first-order chi connectivity index (χ1) is 14.8. The van der Waals surface area contributed by atoms with Crippen LogP contribution in [0.4, 0.5) is 0 Å². The predicted molar refractivity (Wildman–Crippen MR) is 115 cm³/mol. The number of hydrogen-bond acceptors (Lipinski definition) is 6. The van der Waals surface area contributed by atoms with Gasteiger partial charge in [-0.2, -0.15) is 0 Å². The third-order valence-corrected chi connectivity index (χ3v) is 7.51. The van der Waals surface area contributed by atoms with E-state index < -0.39 is 22.4 Å². The minimum absolute atomic E-state index is 0.0341. The molecule has 8 nitrogen and oxygen atoms in total. The van der Waals surface area contributed by atoms with Gasteiger partial charge < -0.3 is 14.5 Å². The molecule has 1 aromatic carbocycles. The first-order valence-electron chi connectivity index (χ1n) is 10.8. The fourth-order valence-electron chi connectivity index (χ4n) is 4.04. The quantitative estimate of drug-likeness (QED) is 0.532. The fourth-order valence-corrected chi connectivity index (χ4v) is 5.77. The number of amides is 2. The number of rotatable bonds is 9. The summed E-state index contributed by atoms with van der Waals surface area (Å²) in [4.78, 5) is 40.3. The van der Waals surface area contributed by atoms with Crippen LogP contribution >= 0.6 is 0 Å². The van der Waals surface area contributed by atoms with Crippen molar-refractivity contribution in [1.82, 2.24) is 9.80 Å². The number of hydrogen-bond donors (Lipinski definition) is 0. The van der Waals surface area contributed by atoms with E-state index in [0.717, 1.165) is 24.8 Å². The summed E-state index contributed by atoms with van der Waals surface area (Å²) < 4.78 is 28.9. The van der Waals surface area contributed by atoms with Gasteiger partial charge in [-0.25, -0.2) is 13.2 Å². The zero-order chi connectivity index (χ0) is 22.4. The molecule has 9 heteroatoms. The van der Waals surface area contributed by atoms with Gasteiger partial charge in [0.05, 0.1) is 17.1 Å². The topological polar surface area (TPSA) is 101 Å². The number of carbonyl (C=O) groups excluding carboxylic acids is 3. The molecule has 2 aliphatic rings. The van der Waals surface area contributed by atoms with Crippen LogP contribution in [0.15, 0.2) is 24.3 Å². The van der Waals surface area contributed by atoms with Crippen molar-refractivity contribution in [3.05, 3.63) is 35.4 Å². The van der Waals surface area contributed by atoms with E-state index in [1.807, 2.05) is 13.0 Å². The summed E-state index contributed by atoms with van der Waals surface area (Å²) in [7, 11) is -3.12. The first-order valence-corrected chi connectivity index (χ1v) is 12.6. The maximum Gasteiger partial charge on any atom is 0.338 e. The smallest absolute Gasteiger partial charge is 0.338 e. The van der Waals surface area contributed by atoms with Gasteiger partial charge in [0.25, 0.3) is 5.91 Å². The molecular formula is C22H30N2O6S. The van der Waals surface area contributed by atoms with Gasteiger partial charge in [0.1, 0.15) is 0 Å². The molecule has 0 spiro atoms. The Kier molecular flexibility index (Phi) is 7.69. The van der Waals surface area contributed by atoms with Gasteiger partial charge in [-0.15, -0.1) is 0 Å². The van der Waals surface area contributed by atoms with E-state index in [1.165, 1.54) is 0 Å². The Morgan fingerprint density at radius 1 is 1.29 bits per heavy atom. The minimum Gasteiger partial charge on any atom is -0.452 e. The zero-order valence-electron chi connectivity index (χ0n) is 17.9. The molecule has 170 valence electrons.